The molecule has 1 atom stereocenters. The van der Waals surface area contributed by atoms with Crippen LogP contribution in [0.15, 0.2) is 24.3 Å². The number of nitrogen functional groups attached to an aromatic ring is 1. The first-order chi connectivity index (χ1) is 12.0. The van der Waals surface area contributed by atoms with Gasteiger partial charge in [0.05, 0.1) is 12.6 Å². The van der Waals surface area contributed by atoms with Gasteiger partial charge in [-0.2, -0.15) is 15.0 Å². The highest BCUT2D eigenvalue weighted by Crippen LogP contribution is 2.22. The summed E-state index contributed by atoms with van der Waals surface area (Å²) in [5, 5.41) is 12.9. The topological polar surface area (TPSA) is 100 Å². The zero-order chi connectivity index (χ0) is 17.8. The number of benzene rings is 1. The molecule has 0 bridgehead atoms. The van der Waals surface area contributed by atoms with Crippen molar-refractivity contribution in [3.8, 4) is 0 Å². The Kier molecular flexibility index (Phi) is 5.45. The second kappa shape index (κ2) is 7.76. The molecule has 0 amide bonds. The average molecular weight is 342 g/mol. The lowest BCUT2D eigenvalue weighted by molar-refractivity contribution is 0.0687. The summed E-state index contributed by atoms with van der Waals surface area (Å²) in [6.07, 6.45) is 1.75. The van der Waals surface area contributed by atoms with Gasteiger partial charge in [0.25, 0.3) is 0 Å². The van der Waals surface area contributed by atoms with Crippen molar-refractivity contribution in [3.05, 3.63) is 35.7 Å². The highest BCUT2D eigenvalue weighted by molar-refractivity contribution is 5.58. The fourth-order valence-electron chi connectivity index (χ4n) is 3.19. The van der Waals surface area contributed by atoms with E-state index in [2.05, 4.69) is 25.2 Å². The number of nitrogens with zero attached hydrogens (tertiary/aromatic N) is 4. The van der Waals surface area contributed by atoms with Crippen molar-refractivity contribution in [2.45, 2.75) is 39.3 Å². The molecule has 2 heterocycles. The number of rotatable bonds is 5. The third kappa shape index (κ3) is 4.64. The van der Waals surface area contributed by atoms with E-state index in [-0.39, 0.29) is 12.1 Å². The van der Waals surface area contributed by atoms with Crippen LogP contribution in [0.5, 0.6) is 0 Å². The van der Waals surface area contributed by atoms with Gasteiger partial charge in [-0.05, 0) is 57.3 Å². The maximum Gasteiger partial charge on any atom is 0.232 e. The Labute approximate surface area is 148 Å². The van der Waals surface area contributed by atoms with Crippen molar-refractivity contribution in [2.75, 3.05) is 24.1 Å². The van der Waals surface area contributed by atoms with E-state index in [1.165, 1.54) is 0 Å². The van der Waals surface area contributed by atoms with Crippen LogP contribution in [0.3, 0.4) is 0 Å². The minimum absolute atomic E-state index is 0.222. The van der Waals surface area contributed by atoms with Gasteiger partial charge in [-0.1, -0.05) is 18.2 Å². The molecule has 1 fully saturated rings. The van der Waals surface area contributed by atoms with E-state index in [4.69, 9.17) is 5.73 Å². The zero-order valence-corrected chi connectivity index (χ0v) is 14.8. The number of aliphatic hydroxyl groups excluding tert-OH is 1. The summed E-state index contributed by atoms with van der Waals surface area (Å²) in [7, 11) is 0. The molecule has 1 aliphatic rings. The molecule has 1 aliphatic heterocycles. The summed E-state index contributed by atoms with van der Waals surface area (Å²) < 4.78 is 0. The lowest BCUT2D eigenvalue weighted by Crippen LogP contribution is -2.37. The minimum atomic E-state index is -0.236. The fraction of sp³-hybridized carbons (Fsp3) is 0.500. The first-order valence-corrected chi connectivity index (χ1v) is 8.75. The molecular weight excluding hydrogens is 316 g/mol. The van der Waals surface area contributed by atoms with Crippen LogP contribution < -0.4 is 11.1 Å². The van der Waals surface area contributed by atoms with Crippen LogP contribution in [0.2, 0.25) is 0 Å². The highest BCUT2D eigenvalue weighted by Gasteiger charge is 2.23. The van der Waals surface area contributed by atoms with E-state index >= 15 is 0 Å². The largest absolute Gasteiger partial charge is 0.393 e. The summed E-state index contributed by atoms with van der Waals surface area (Å²) in [5.74, 6) is 1.74. The Morgan fingerprint density at radius 2 is 1.96 bits per heavy atom. The number of hydrogen-bond donors (Lipinski definition) is 3. The van der Waals surface area contributed by atoms with Crippen LogP contribution in [0.1, 0.15) is 31.2 Å². The van der Waals surface area contributed by atoms with Crippen LogP contribution in [0, 0.1) is 12.8 Å². The molecule has 1 saturated heterocycles. The molecule has 3 rings (SSSR count). The maximum atomic E-state index is 9.71. The summed E-state index contributed by atoms with van der Waals surface area (Å²) >= 11 is 0. The van der Waals surface area contributed by atoms with Gasteiger partial charge >= 0.3 is 0 Å². The van der Waals surface area contributed by atoms with Gasteiger partial charge in [-0.3, -0.25) is 4.90 Å². The average Bonchev–Trinajstić information content (AvgIpc) is 2.57. The number of piperidine rings is 1. The lowest BCUT2D eigenvalue weighted by atomic mass is 9.92. The van der Waals surface area contributed by atoms with E-state index in [1.807, 2.05) is 38.1 Å². The summed E-state index contributed by atoms with van der Waals surface area (Å²) in [5.41, 5.74) is 7.93. The molecule has 0 aliphatic carbocycles. The van der Waals surface area contributed by atoms with Crippen LogP contribution in [-0.2, 0) is 6.54 Å². The Hall–Kier alpha value is -2.25. The summed E-state index contributed by atoms with van der Waals surface area (Å²) in [6, 6.07) is 7.97. The summed E-state index contributed by atoms with van der Waals surface area (Å²) in [4.78, 5) is 15.3. The molecule has 1 aromatic heterocycles. The van der Waals surface area contributed by atoms with Crippen LogP contribution >= 0.6 is 0 Å². The Morgan fingerprint density at radius 3 is 2.64 bits per heavy atom. The smallest absolute Gasteiger partial charge is 0.232 e. The number of likely N-dealkylation sites (tertiary alicyclic amines) is 1. The number of nitrogens with two attached hydrogens (primary N) is 1. The van der Waals surface area contributed by atoms with Gasteiger partial charge in [0, 0.05) is 5.69 Å². The lowest BCUT2D eigenvalue weighted by Gasteiger charge is -2.32. The first kappa shape index (κ1) is 17.6. The number of anilines is 3. The van der Waals surface area contributed by atoms with Crippen molar-refractivity contribution in [1.29, 1.82) is 0 Å². The zero-order valence-electron chi connectivity index (χ0n) is 14.8. The van der Waals surface area contributed by atoms with Gasteiger partial charge in [-0.25, -0.2) is 0 Å². The predicted molar refractivity (Wildman–Crippen MR) is 98.4 cm³/mol. The molecule has 0 radical (unpaired) electrons. The van der Waals surface area contributed by atoms with Crippen molar-refractivity contribution >= 4 is 17.6 Å². The van der Waals surface area contributed by atoms with Gasteiger partial charge < -0.3 is 16.2 Å². The van der Waals surface area contributed by atoms with Gasteiger partial charge in [-0.15, -0.1) is 0 Å². The highest BCUT2D eigenvalue weighted by atomic mass is 16.3. The molecule has 7 nitrogen and oxygen atoms in total. The molecule has 0 spiro atoms. The van der Waals surface area contributed by atoms with Crippen LogP contribution in [-0.4, -0.2) is 44.2 Å². The number of aliphatic hydroxyl groups is 1. The number of aryl methyl sites for hydroxylation is 1. The van der Waals surface area contributed by atoms with E-state index in [0.29, 0.717) is 24.2 Å². The standard InChI is InChI=1S/C18H26N6O/c1-12-5-3-4-6-15(12)20-18-22-16(21-17(19)23-18)11-24-9-7-14(8-10-24)13(2)25/h3-6,13-14,25H,7-11H2,1-2H3,(H3,19,20,21,22,23). The maximum absolute atomic E-state index is 9.71. The van der Waals surface area contributed by atoms with Crippen LogP contribution in [0.4, 0.5) is 17.6 Å². The molecule has 2 aromatic rings. The molecule has 134 valence electrons. The minimum Gasteiger partial charge on any atom is -0.393 e. The third-order valence-corrected chi connectivity index (χ3v) is 4.77. The Balaban J connectivity index is 1.67. The van der Waals surface area contributed by atoms with Gasteiger partial charge in [0.15, 0.2) is 0 Å². The quantitative estimate of drug-likeness (QED) is 0.765. The predicted octanol–water partition coefficient (Wildman–Crippen LogP) is 2.10. The number of hydrogen-bond acceptors (Lipinski definition) is 7. The molecular formula is C18H26N6O. The van der Waals surface area contributed by atoms with E-state index in [9.17, 15) is 5.11 Å². The Bertz CT molecular complexity index is 712. The summed E-state index contributed by atoms with van der Waals surface area (Å²) in [6.45, 7) is 6.40. The number of aromatic nitrogens is 3. The molecule has 0 saturated carbocycles. The second-order valence-corrected chi connectivity index (χ2v) is 6.73. The first-order valence-electron chi connectivity index (χ1n) is 8.75. The van der Waals surface area contributed by atoms with Crippen molar-refractivity contribution in [2.24, 2.45) is 5.92 Å². The second-order valence-electron chi connectivity index (χ2n) is 6.73. The number of nitrogens with one attached hydrogen (secondary N) is 1. The third-order valence-electron chi connectivity index (χ3n) is 4.77. The van der Waals surface area contributed by atoms with Crippen LogP contribution in [0.25, 0.3) is 0 Å². The molecule has 4 N–H and O–H groups in total. The van der Waals surface area contributed by atoms with E-state index in [1.54, 1.807) is 0 Å². The van der Waals surface area contributed by atoms with Crippen molar-refractivity contribution in [3.63, 3.8) is 0 Å². The van der Waals surface area contributed by atoms with Crippen molar-refractivity contribution < 1.29 is 5.11 Å². The van der Waals surface area contributed by atoms with E-state index in [0.717, 1.165) is 37.2 Å². The molecule has 1 unspecified atom stereocenters. The van der Waals surface area contributed by atoms with Gasteiger partial charge in [0.2, 0.25) is 11.9 Å². The SMILES string of the molecule is Cc1ccccc1Nc1nc(N)nc(CN2CCC(C(C)O)CC2)n1. The molecule has 25 heavy (non-hydrogen) atoms. The van der Waals surface area contributed by atoms with Crippen molar-refractivity contribution in [1.82, 2.24) is 19.9 Å². The van der Waals surface area contributed by atoms with Gasteiger partial charge in [0.1, 0.15) is 5.82 Å². The monoisotopic (exact) mass is 342 g/mol. The number of para-hydroxylation sites is 1. The normalized spacial score (nSPS) is 17.4. The Morgan fingerprint density at radius 1 is 1.24 bits per heavy atom. The fourth-order valence-corrected chi connectivity index (χ4v) is 3.19. The molecule has 7 heteroatoms. The van der Waals surface area contributed by atoms with E-state index < -0.39 is 0 Å². The molecule has 1 aromatic carbocycles.